The Morgan fingerprint density at radius 3 is 2.53 bits per heavy atom. The monoisotopic (exact) mass is 439 g/mol. The van der Waals surface area contributed by atoms with Crippen LogP contribution in [0.3, 0.4) is 0 Å². The molecule has 7 heteroatoms. The van der Waals surface area contributed by atoms with Crippen LogP contribution in [-0.4, -0.2) is 36.3 Å². The zero-order valence-corrected chi connectivity index (χ0v) is 19.2. The molecular formula is C25H33N3O4. The Morgan fingerprint density at radius 2 is 1.88 bits per heavy atom. The second kappa shape index (κ2) is 9.77. The largest absolute Gasteiger partial charge is 0.490 e. The lowest BCUT2D eigenvalue weighted by Crippen LogP contribution is -2.30. The molecule has 32 heavy (non-hydrogen) atoms. The van der Waals surface area contributed by atoms with Crippen molar-refractivity contribution in [3.63, 3.8) is 0 Å². The standard InChI is InChI=1S/C25H33N3O4/c1-15-11-16(2)27-25(30)22(15)14-26-24(29)21-12-20(32-19-5-4-6-19)13-23(17(21)3)28-18-7-9-31-10-8-18/h11-13,18-19,28H,4-10,14H2,1-3H3,(H,26,29)(H,27,30). The van der Waals surface area contributed by atoms with E-state index in [-0.39, 0.29) is 24.1 Å². The Hall–Kier alpha value is -2.80. The van der Waals surface area contributed by atoms with Crippen LogP contribution >= 0.6 is 0 Å². The van der Waals surface area contributed by atoms with Gasteiger partial charge >= 0.3 is 0 Å². The molecule has 1 amide bonds. The van der Waals surface area contributed by atoms with Crippen LogP contribution in [-0.2, 0) is 11.3 Å². The average molecular weight is 440 g/mol. The summed E-state index contributed by atoms with van der Waals surface area (Å²) >= 11 is 0. The normalized spacial score (nSPS) is 17.0. The molecule has 1 aromatic carbocycles. The first kappa shape index (κ1) is 22.4. The molecular weight excluding hydrogens is 406 g/mol. The van der Waals surface area contributed by atoms with E-state index in [9.17, 15) is 9.59 Å². The topological polar surface area (TPSA) is 92.4 Å². The van der Waals surface area contributed by atoms with Gasteiger partial charge in [-0.1, -0.05) is 0 Å². The molecule has 1 aliphatic heterocycles. The molecule has 7 nitrogen and oxygen atoms in total. The summed E-state index contributed by atoms with van der Waals surface area (Å²) in [5.41, 5.74) is 4.45. The Bertz CT molecular complexity index is 1040. The highest BCUT2D eigenvalue weighted by atomic mass is 16.5. The van der Waals surface area contributed by atoms with E-state index in [0.717, 1.165) is 61.4 Å². The number of pyridine rings is 1. The summed E-state index contributed by atoms with van der Waals surface area (Å²) in [4.78, 5) is 28.3. The molecule has 172 valence electrons. The quantitative estimate of drug-likeness (QED) is 0.611. The molecule has 1 saturated heterocycles. The summed E-state index contributed by atoms with van der Waals surface area (Å²) in [6.45, 7) is 7.35. The molecule has 0 atom stereocenters. The lowest BCUT2D eigenvalue weighted by molar-refractivity contribution is 0.0903. The van der Waals surface area contributed by atoms with Crippen LogP contribution in [0.4, 0.5) is 5.69 Å². The number of carbonyl (C=O) groups excluding carboxylic acids is 1. The van der Waals surface area contributed by atoms with E-state index in [1.165, 1.54) is 6.42 Å². The number of aromatic amines is 1. The zero-order chi connectivity index (χ0) is 22.7. The van der Waals surface area contributed by atoms with Crippen LogP contribution in [0.2, 0.25) is 0 Å². The SMILES string of the molecule is Cc1cc(C)c(CNC(=O)c2cc(OC3CCC3)cc(NC3CCOCC3)c2C)c(=O)[nH]1. The highest BCUT2D eigenvalue weighted by Crippen LogP contribution is 2.32. The molecule has 1 aliphatic carbocycles. The Labute approximate surface area is 188 Å². The maximum atomic E-state index is 13.2. The van der Waals surface area contributed by atoms with Crippen molar-refractivity contribution < 1.29 is 14.3 Å². The number of benzene rings is 1. The highest BCUT2D eigenvalue weighted by molar-refractivity contribution is 5.97. The number of hydrogen-bond donors (Lipinski definition) is 3. The summed E-state index contributed by atoms with van der Waals surface area (Å²) in [6.07, 6.45) is 5.37. The van der Waals surface area contributed by atoms with E-state index in [2.05, 4.69) is 15.6 Å². The fraction of sp³-hybridized carbons (Fsp3) is 0.520. The van der Waals surface area contributed by atoms with Crippen molar-refractivity contribution in [1.29, 1.82) is 0 Å². The van der Waals surface area contributed by atoms with Gasteiger partial charge in [0.15, 0.2) is 0 Å². The summed E-state index contributed by atoms with van der Waals surface area (Å²) in [6, 6.07) is 6.06. The number of rotatable bonds is 7. The minimum Gasteiger partial charge on any atom is -0.490 e. The lowest BCUT2D eigenvalue weighted by Gasteiger charge is -2.29. The molecule has 4 rings (SSSR count). The van der Waals surface area contributed by atoms with Crippen LogP contribution in [0.5, 0.6) is 5.75 Å². The van der Waals surface area contributed by atoms with Gasteiger partial charge in [0.05, 0.1) is 6.10 Å². The number of H-pyrrole nitrogens is 1. The van der Waals surface area contributed by atoms with E-state index in [0.29, 0.717) is 22.9 Å². The van der Waals surface area contributed by atoms with E-state index in [4.69, 9.17) is 9.47 Å². The fourth-order valence-corrected chi connectivity index (χ4v) is 4.25. The van der Waals surface area contributed by atoms with Gasteiger partial charge in [-0.2, -0.15) is 0 Å². The third-order valence-electron chi connectivity index (χ3n) is 6.48. The van der Waals surface area contributed by atoms with Gasteiger partial charge in [0.25, 0.3) is 11.5 Å². The van der Waals surface area contributed by atoms with Crippen molar-refractivity contribution in [1.82, 2.24) is 10.3 Å². The Kier molecular flexibility index (Phi) is 6.84. The number of carbonyl (C=O) groups is 1. The molecule has 2 fully saturated rings. The maximum Gasteiger partial charge on any atom is 0.253 e. The van der Waals surface area contributed by atoms with Gasteiger partial charge in [0.1, 0.15) is 5.75 Å². The molecule has 1 aromatic heterocycles. The summed E-state index contributed by atoms with van der Waals surface area (Å²) in [5, 5.41) is 6.53. The Morgan fingerprint density at radius 1 is 1.12 bits per heavy atom. The minimum atomic E-state index is -0.212. The first-order valence-corrected chi connectivity index (χ1v) is 11.5. The molecule has 2 aromatic rings. The molecule has 3 N–H and O–H groups in total. The van der Waals surface area contributed by atoms with Crippen LogP contribution in [0.1, 0.15) is 64.8 Å². The predicted molar refractivity (Wildman–Crippen MR) is 125 cm³/mol. The number of amides is 1. The molecule has 2 heterocycles. The second-order valence-corrected chi connectivity index (χ2v) is 8.97. The van der Waals surface area contributed by atoms with E-state index < -0.39 is 0 Å². The van der Waals surface area contributed by atoms with Crippen molar-refractivity contribution in [3.8, 4) is 5.75 Å². The van der Waals surface area contributed by atoms with Crippen molar-refractivity contribution in [2.24, 2.45) is 0 Å². The Balaban J connectivity index is 1.56. The average Bonchev–Trinajstić information content (AvgIpc) is 2.72. The molecule has 0 bridgehead atoms. The molecule has 2 aliphatic rings. The number of aromatic nitrogens is 1. The van der Waals surface area contributed by atoms with E-state index in [1.54, 1.807) is 0 Å². The lowest BCUT2D eigenvalue weighted by atomic mass is 9.96. The van der Waals surface area contributed by atoms with Crippen LogP contribution in [0.15, 0.2) is 23.0 Å². The number of aryl methyl sites for hydroxylation is 2. The first-order valence-electron chi connectivity index (χ1n) is 11.5. The van der Waals surface area contributed by atoms with Gasteiger partial charge in [-0.15, -0.1) is 0 Å². The van der Waals surface area contributed by atoms with E-state index in [1.807, 2.05) is 39.0 Å². The maximum absolute atomic E-state index is 13.2. The third-order valence-corrected chi connectivity index (χ3v) is 6.48. The van der Waals surface area contributed by atoms with Crippen molar-refractivity contribution in [2.75, 3.05) is 18.5 Å². The van der Waals surface area contributed by atoms with Crippen molar-refractivity contribution >= 4 is 11.6 Å². The molecule has 0 spiro atoms. The van der Waals surface area contributed by atoms with Gasteiger partial charge in [-0.3, -0.25) is 9.59 Å². The van der Waals surface area contributed by atoms with Gasteiger partial charge < -0.3 is 25.1 Å². The fourth-order valence-electron chi connectivity index (χ4n) is 4.25. The molecule has 0 unspecified atom stereocenters. The van der Waals surface area contributed by atoms with Crippen molar-refractivity contribution in [3.05, 3.63) is 56.5 Å². The smallest absolute Gasteiger partial charge is 0.253 e. The van der Waals surface area contributed by atoms with Crippen LogP contribution < -0.4 is 20.9 Å². The number of ether oxygens (including phenoxy) is 2. The first-order chi connectivity index (χ1) is 15.4. The zero-order valence-electron chi connectivity index (χ0n) is 19.2. The summed E-state index contributed by atoms with van der Waals surface area (Å²) in [7, 11) is 0. The molecule has 0 radical (unpaired) electrons. The van der Waals surface area contributed by atoms with Crippen LogP contribution in [0.25, 0.3) is 0 Å². The van der Waals surface area contributed by atoms with Gasteiger partial charge in [-0.25, -0.2) is 0 Å². The second-order valence-electron chi connectivity index (χ2n) is 8.97. The number of hydrogen-bond acceptors (Lipinski definition) is 5. The number of nitrogens with one attached hydrogen (secondary N) is 3. The summed E-state index contributed by atoms with van der Waals surface area (Å²) < 4.78 is 11.6. The van der Waals surface area contributed by atoms with Crippen LogP contribution in [0, 0.1) is 20.8 Å². The van der Waals surface area contributed by atoms with Gasteiger partial charge in [-0.05, 0) is 76.1 Å². The number of anilines is 1. The summed E-state index contributed by atoms with van der Waals surface area (Å²) in [5.74, 6) is 0.500. The van der Waals surface area contributed by atoms with Gasteiger partial charge in [0.2, 0.25) is 0 Å². The predicted octanol–water partition coefficient (Wildman–Crippen LogP) is 3.75. The minimum absolute atomic E-state index is 0.163. The van der Waals surface area contributed by atoms with Crippen molar-refractivity contribution in [2.45, 2.75) is 71.6 Å². The van der Waals surface area contributed by atoms with Gasteiger partial charge in [0, 0.05) is 54.4 Å². The third kappa shape index (κ3) is 5.15. The van der Waals surface area contributed by atoms with E-state index >= 15 is 0 Å². The highest BCUT2D eigenvalue weighted by Gasteiger charge is 2.23. The molecule has 1 saturated carbocycles.